The quantitative estimate of drug-likeness (QED) is 0.219. The summed E-state index contributed by atoms with van der Waals surface area (Å²) in [5, 5.41) is 16.5. The number of allylic oxidation sites excluding steroid dienone is 13. The molecular weight excluding hydrogens is 420 g/mol. The van der Waals surface area contributed by atoms with E-state index in [0.717, 1.165) is 24.8 Å². The van der Waals surface area contributed by atoms with Crippen LogP contribution in [0.2, 0.25) is 0 Å². The summed E-state index contributed by atoms with van der Waals surface area (Å²) in [4.78, 5) is 12.5. The van der Waals surface area contributed by atoms with Gasteiger partial charge in [0.15, 0.2) is 0 Å². The lowest BCUT2D eigenvalue weighted by Gasteiger charge is -2.34. The van der Waals surface area contributed by atoms with Crippen LogP contribution in [0.15, 0.2) is 95.7 Å². The Kier molecular flexibility index (Phi) is 14.5. The third kappa shape index (κ3) is 12.5. The fourth-order valence-electron chi connectivity index (χ4n) is 3.32. The Morgan fingerprint density at radius 2 is 1.59 bits per heavy atom. The maximum absolute atomic E-state index is 12.5. The van der Waals surface area contributed by atoms with Crippen molar-refractivity contribution in [3.63, 3.8) is 0 Å². The SMILES string of the molecule is C=C/C(=C\C=C\CC1NC(O)C(C/C=C/C=C(\CC=CC)CC=C(C)C)NC1=O)CC=C(C)C. The molecule has 1 amide bonds. The normalized spacial score (nSPS) is 21.8. The minimum atomic E-state index is -0.783. The Morgan fingerprint density at radius 1 is 0.941 bits per heavy atom. The lowest BCUT2D eigenvalue weighted by atomic mass is 10.0. The third-order valence-corrected chi connectivity index (χ3v) is 5.47. The summed E-state index contributed by atoms with van der Waals surface area (Å²) in [5.41, 5.74) is 5.02. The maximum Gasteiger partial charge on any atom is 0.237 e. The van der Waals surface area contributed by atoms with Crippen LogP contribution in [-0.4, -0.2) is 29.3 Å². The Balaban J connectivity index is 2.61. The first-order valence-electron chi connectivity index (χ1n) is 12.2. The monoisotopic (exact) mass is 464 g/mol. The number of rotatable bonds is 13. The molecule has 1 heterocycles. The van der Waals surface area contributed by atoms with Crippen molar-refractivity contribution in [1.29, 1.82) is 0 Å². The highest BCUT2D eigenvalue weighted by Crippen LogP contribution is 2.13. The van der Waals surface area contributed by atoms with Crippen molar-refractivity contribution in [2.45, 2.75) is 85.0 Å². The van der Waals surface area contributed by atoms with Gasteiger partial charge in [0.25, 0.3) is 0 Å². The minimum Gasteiger partial charge on any atom is -0.376 e. The number of piperazine rings is 1. The molecule has 0 radical (unpaired) electrons. The Labute approximate surface area is 207 Å². The summed E-state index contributed by atoms with van der Waals surface area (Å²) < 4.78 is 0. The highest BCUT2D eigenvalue weighted by Gasteiger charge is 2.32. The van der Waals surface area contributed by atoms with Crippen LogP contribution in [0, 0.1) is 0 Å². The van der Waals surface area contributed by atoms with Gasteiger partial charge >= 0.3 is 0 Å². The molecule has 0 aromatic rings. The molecule has 3 unspecified atom stereocenters. The van der Waals surface area contributed by atoms with Crippen LogP contribution >= 0.6 is 0 Å². The number of nitrogens with one attached hydrogen (secondary N) is 2. The molecule has 0 spiro atoms. The van der Waals surface area contributed by atoms with E-state index in [-0.39, 0.29) is 11.9 Å². The first-order valence-corrected chi connectivity index (χ1v) is 12.2. The van der Waals surface area contributed by atoms with E-state index in [9.17, 15) is 9.90 Å². The van der Waals surface area contributed by atoms with Gasteiger partial charge in [0.2, 0.25) is 5.91 Å². The molecule has 1 aliphatic rings. The van der Waals surface area contributed by atoms with Crippen molar-refractivity contribution >= 4 is 5.91 Å². The van der Waals surface area contributed by atoms with E-state index in [2.05, 4.69) is 75.3 Å². The van der Waals surface area contributed by atoms with Crippen molar-refractivity contribution in [2.75, 3.05) is 0 Å². The molecule has 0 aromatic carbocycles. The Hall–Kier alpha value is -2.69. The summed E-state index contributed by atoms with van der Waals surface area (Å²) in [6.07, 6.45) is 25.5. The molecule has 1 saturated heterocycles. The van der Waals surface area contributed by atoms with Gasteiger partial charge in [-0.25, -0.2) is 0 Å². The second-order valence-corrected chi connectivity index (χ2v) is 9.12. The second-order valence-electron chi connectivity index (χ2n) is 9.12. The van der Waals surface area contributed by atoms with Gasteiger partial charge in [0.1, 0.15) is 6.23 Å². The van der Waals surface area contributed by atoms with Gasteiger partial charge in [0, 0.05) is 0 Å². The highest BCUT2D eigenvalue weighted by atomic mass is 16.3. The molecule has 0 saturated carbocycles. The standard InChI is InChI=1S/C30H44N2O2/c1-7-9-14-26(22-20-24(5)6)16-11-13-18-28-30(34)31-27(29(33)32-28)17-12-10-15-25(8-2)21-19-23(3)4/h7-13,15-16,19-20,27-28,30-31,34H,2,14,17-18,21-22H2,1,3-6H3,(H,32,33)/b9-7?,12-10+,13-11+,25-15+,26-16+. The van der Waals surface area contributed by atoms with Crippen LogP contribution in [0.25, 0.3) is 0 Å². The van der Waals surface area contributed by atoms with Gasteiger partial charge < -0.3 is 10.4 Å². The molecule has 0 bridgehead atoms. The first-order chi connectivity index (χ1) is 16.3. The first kappa shape index (κ1) is 29.3. The van der Waals surface area contributed by atoms with Crippen LogP contribution in [0.1, 0.15) is 66.7 Å². The predicted octanol–water partition coefficient (Wildman–Crippen LogP) is 6.37. The maximum atomic E-state index is 12.5. The molecular formula is C30H44N2O2. The summed E-state index contributed by atoms with van der Waals surface area (Å²) in [7, 11) is 0. The molecule has 4 nitrogen and oxygen atoms in total. The van der Waals surface area contributed by atoms with Gasteiger partial charge in [-0.15, -0.1) is 0 Å². The van der Waals surface area contributed by atoms with Crippen LogP contribution in [0.4, 0.5) is 0 Å². The van der Waals surface area contributed by atoms with E-state index < -0.39 is 12.3 Å². The van der Waals surface area contributed by atoms with Gasteiger partial charge in [-0.3, -0.25) is 10.1 Å². The number of amides is 1. The van der Waals surface area contributed by atoms with Crippen molar-refractivity contribution < 1.29 is 9.90 Å². The summed E-state index contributed by atoms with van der Waals surface area (Å²) in [6.45, 7) is 14.2. The molecule has 1 aliphatic heterocycles. The smallest absolute Gasteiger partial charge is 0.237 e. The van der Waals surface area contributed by atoms with Crippen molar-refractivity contribution in [2.24, 2.45) is 0 Å². The van der Waals surface area contributed by atoms with Crippen molar-refractivity contribution in [3.05, 3.63) is 95.7 Å². The van der Waals surface area contributed by atoms with E-state index in [4.69, 9.17) is 0 Å². The molecule has 1 fully saturated rings. The predicted molar refractivity (Wildman–Crippen MR) is 146 cm³/mol. The second kappa shape index (κ2) is 16.9. The van der Waals surface area contributed by atoms with Gasteiger partial charge in [-0.1, -0.05) is 90.1 Å². The molecule has 3 N–H and O–H groups in total. The number of carbonyl (C=O) groups is 1. The molecule has 1 rings (SSSR count). The Morgan fingerprint density at radius 3 is 2.24 bits per heavy atom. The third-order valence-electron chi connectivity index (χ3n) is 5.47. The molecule has 0 aliphatic carbocycles. The average Bonchev–Trinajstić information content (AvgIpc) is 2.79. The fraction of sp³-hybridized carbons (Fsp3) is 0.433. The van der Waals surface area contributed by atoms with Gasteiger partial charge in [0.05, 0.1) is 12.1 Å². The lowest BCUT2D eigenvalue weighted by molar-refractivity contribution is -0.129. The number of hydrogen-bond donors (Lipinski definition) is 3. The minimum absolute atomic E-state index is 0.0845. The molecule has 0 aromatic heterocycles. The van der Waals surface area contributed by atoms with Crippen LogP contribution < -0.4 is 10.6 Å². The topological polar surface area (TPSA) is 61.4 Å². The zero-order valence-corrected chi connectivity index (χ0v) is 21.7. The van der Waals surface area contributed by atoms with Gasteiger partial charge in [-0.05, 0) is 72.3 Å². The van der Waals surface area contributed by atoms with Crippen molar-refractivity contribution in [1.82, 2.24) is 10.6 Å². The highest BCUT2D eigenvalue weighted by molar-refractivity contribution is 5.83. The number of aliphatic hydroxyl groups is 1. The summed E-state index contributed by atoms with van der Waals surface area (Å²) >= 11 is 0. The van der Waals surface area contributed by atoms with E-state index in [1.54, 1.807) is 0 Å². The summed E-state index contributed by atoms with van der Waals surface area (Å²) in [5.74, 6) is -0.0845. The number of carbonyl (C=O) groups excluding carboxylic acids is 1. The van der Waals surface area contributed by atoms with Crippen molar-refractivity contribution in [3.8, 4) is 0 Å². The molecule has 3 atom stereocenters. The van der Waals surface area contributed by atoms with E-state index in [0.29, 0.717) is 12.8 Å². The molecule has 4 heteroatoms. The zero-order chi connectivity index (χ0) is 25.3. The largest absolute Gasteiger partial charge is 0.376 e. The zero-order valence-electron chi connectivity index (χ0n) is 21.7. The lowest BCUT2D eigenvalue weighted by Crippen LogP contribution is -2.63. The van der Waals surface area contributed by atoms with E-state index >= 15 is 0 Å². The molecule has 186 valence electrons. The summed E-state index contributed by atoms with van der Waals surface area (Å²) in [6, 6.07) is -0.785. The number of hydrogen-bond acceptors (Lipinski definition) is 3. The fourth-order valence-corrected chi connectivity index (χ4v) is 3.32. The van der Waals surface area contributed by atoms with Crippen LogP contribution in [0.5, 0.6) is 0 Å². The van der Waals surface area contributed by atoms with E-state index in [1.165, 1.54) is 16.7 Å². The Bertz CT molecular complexity index is 860. The number of aliphatic hydroxyl groups excluding tert-OH is 1. The molecule has 34 heavy (non-hydrogen) atoms. The average molecular weight is 465 g/mol. The van der Waals surface area contributed by atoms with Crippen LogP contribution in [-0.2, 0) is 4.79 Å². The van der Waals surface area contributed by atoms with E-state index in [1.807, 2.05) is 43.4 Å². The van der Waals surface area contributed by atoms with Gasteiger partial charge in [-0.2, -0.15) is 0 Å². The van der Waals surface area contributed by atoms with Crippen LogP contribution in [0.3, 0.4) is 0 Å².